The summed E-state index contributed by atoms with van der Waals surface area (Å²) in [6, 6.07) is 4.20. The zero-order valence-corrected chi connectivity index (χ0v) is 18.2. The minimum Gasteiger partial charge on any atom is -0.343 e. The van der Waals surface area contributed by atoms with Crippen LogP contribution in [0.2, 0.25) is 5.02 Å². The molecule has 2 aromatic heterocycles. The predicted molar refractivity (Wildman–Crippen MR) is 118 cm³/mol. The molecule has 0 saturated carbocycles. The number of ketones is 1. The number of aryl methyl sites for hydroxylation is 1. The summed E-state index contributed by atoms with van der Waals surface area (Å²) in [6.07, 6.45) is 6.02. The first kappa shape index (κ1) is 20.6. The normalized spacial score (nSPS) is 14.3. The summed E-state index contributed by atoms with van der Waals surface area (Å²) in [6.45, 7) is 5.80. The number of hydrogen-bond acceptors (Lipinski definition) is 6. The molecule has 3 heterocycles. The standard InChI is InChI=1S/C22H20ClFN4OS/c1-13-6-7-28(22-27-9-14(2)30-22)12-16(13)19-11-25-15(10-26-19)8-20(29)21-17(23)4-3-5-18(21)24/h3-5,9-11H,6-8,12H2,1-2H3. The average Bonchev–Trinajstić information content (AvgIpc) is 3.15. The minimum atomic E-state index is -0.627. The number of carbonyl (C=O) groups is 1. The first-order valence-corrected chi connectivity index (χ1v) is 10.8. The van der Waals surface area contributed by atoms with Crippen molar-refractivity contribution in [1.82, 2.24) is 15.0 Å². The van der Waals surface area contributed by atoms with Gasteiger partial charge in [-0.1, -0.05) is 23.2 Å². The Morgan fingerprint density at radius 2 is 2.03 bits per heavy atom. The summed E-state index contributed by atoms with van der Waals surface area (Å²) < 4.78 is 14.0. The summed E-state index contributed by atoms with van der Waals surface area (Å²) in [7, 11) is 0. The lowest BCUT2D eigenvalue weighted by Gasteiger charge is -2.29. The Morgan fingerprint density at radius 1 is 1.20 bits per heavy atom. The van der Waals surface area contributed by atoms with Gasteiger partial charge in [-0.05, 0) is 38.0 Å². The number of hydrogen-bond donors (Lipinski definition) is 0. The zero-order chi connectivity index (χ0) is 21.3. The van der Waals surface area contributed by atoms with Gasteiger partial charge in [-0.2, -0.15) is 0 Å². The van der Waals surface area contributed by atoms with Crippen LogP contribution in [0.4, 0.5) is 9.52 Å². The van der Waals surface area contributed by atoms with Crippen LogP contribution in [-0.2, 0) is 6.42 Å². The molecular formula is C22H20ClFN4OS. The van der Waals surface area contributed by atoms with Gasteiger partial charge in [-0.15, -0.1) is 11.3 Å². The van der Waals surface area contributed by atoms with Crippen molar-refractivity contribution in [2.75, 3.05) is 18.0 Å². The molecule has 0 atom stereocenters. The summed E-state index contributed by atoms with van der Waals surface area (Å²) in [5.41, 5.74) is 3.55. The third-order valence-corrected chi connectivity index (χ3v) is 6.39. The van der Waals surface area contributed by atoms with E-state index >= 15 is 0 Å². The highest BCUT2D eigenvalue weighted by Gasteiger charge is 2.22. The Bertz CT molecular complexity index is 1110. The molecular weight excluding hydrogens is 423 g/mol. The number of anilines is 1. The van der Waals surface area contributed by atoms with Crippen LogP contribution in [0.5, 0.6) is 0 Å². The molecule has 4 rings (SSSR count). The van der Waals surface area contributed by atoms with Crippen molar-refractivity contribution in [3.8, 4) is 0 Å². The molecule has 0 amide bonds. The number of halogens is 2. The molecule has 0 N–H and O–H groups in total. The fourth-order valence-electron chi connectivity index (χ4n) is 3.43. The largest absolute Gasteiger partial charge is 0.343 e. The van der Waals surface area contributed by atoms with Crippen LogP contribution < -0.4 is 4.90 Å². The molecule has 154 valence electrons. The number of aromatic nitrogens is 3. The van der Waals surface area contributed by atoms with Gasteiger partial charge in [-0.25, -0.2) is 9.37 Å². The van der Waals surface area contributed by atoms with E-state index < -0.39 is 11.6 Å². The zero-order valence-electron chi connectivity index (χ0n) is 16.7. The van der Waals surface area contributed by atoms with E-state index in [1.54, 1.807) is 23.7 Å². The van der Waals surface area contributed by atoms with Crippen molar-refractivity contribution in [2.45, 2.75) is 26.7 Å². The van der Waals surface area contributed by atoms with Crippen LogP contribution in [0.25, 0.3) is 5.57 Å². The van der Waals surface area contributed by atoms with Gasteiger partial charge in [0, 0.05) is 30.4 Å². The quantitative estimate of drug-likeness (QED) is 0.512. The highest BCUT2D eigenvalue weighted by atomic mass is 35.5. The van der Waals surface area contributed by atoms with Gasteiger partial charge in [0.25, 0.3) is 0 Å². The van der Waals surface area contributed by atoms with Crippen LogP contribution in [-0.4, -0.2) is 33.8 Å². The molecule has 0 fully saturated rings. The first-order valence-electron chi connectivity index (χ1n) is 9.57. The molecule has 0 spiro atoms. The van der Waals surface area contributed by atoms with Crippen LogP contribution in [0.15, 0.2) is 42.4 Å². The van der Waals surface area contributed by atoms with Gasteiger partial charge < -0.3 is 4.90 Å². The van der Waals surface area contributed by atoms with Gasteiger partial charge in [-0.3, -0.25) is 14.8 Å². The lowest BCUT2D eigenvalue weighted by atomic mass is 9.99. The molecule has 0 bridgehead atoms. The fraction of sp³-hybridized carbons (Fsp3) is 0.273. The van der Waals surface area contributed by atoms with Gasteiger partial charge in [0.05, 0.1) is 34.6 Å². The molecule has 30 heavy (non-hydrogen) atoms. The maximum absolute atomic E-state index is 14.0. The van der Waals surface area contributed by atoms with E-state index in [1.165, 1.54) is 28.6 Å². The molecule has 1 aliphatic rings. The van der Waals surface area contributed by atoms with Crippen molar-refractivity contribution in [1.29, 1.82) is 0 Å². The molecule has 1 aromatic carbocycles. The van der Waals surface area contributed by atoms with Crippen LogP contribution in [0, 0.1) is 12.7 Å². The van der Waals surface area contributed by atoms with Crippen molar-refractivity contribution in [3.05, 3.63) is 75.0 Å². The Labute approximate surface area is 183 Å². The van der Waals surface area contributed by atoms with Gasteiger partial charge in [0.15, 0.2) is 10.9 Å². The molecule has 0 aliphatic carbocycles. The second-order valence-electron chi connectivity index (χ2n) is 7.27. The molecule has 3 aromatic rings. The van der Waals surface area contributed by atoms with E-state index in [9.17, 15) is 9.18 Å². The van der Waals surface area contributed by atoms with E-state index in [0.717, 1.165) is 35.9 Å². The Balaban J connectivity index is 1.51. The van der Waals surface area contributed by atoms with E-state index in [4.69, 9.17) is 11.6 Å². The number of Topliss-reactive ketones (excluding diaryl/α,β-unsaturated/α-hetero) is 1. The van der Waals surface area contributed by atoms with E-state index in [0.29, 0.717) is 5.69 Å². The van der Waals surface area contributed by atoms with Crippen molar-refractivity contribution >= 4 is 39.4 Å². The Kier molecular flexibility index (Phi) is 5.92. The average molecular weight is 443 g/mol. The highest BCUT2D eigenvalue weighted by Crippen LogP contribution is 2.30. The van der Waals surface area contributed by atoms with Crippen molar-refractivity contribution in [2.24, 2.45) is 0 Å². The number of benzene rings is 1. The third-order valence-electron chi connectivity index (χ3n) is 5.10. The van der Waals surface area contributed by atoms with Crippen LogP contribution >= 0.6 is 22.9 Å². The molecule has 5 nitrogen and oxygen atoms in total. The van der Waals surface area contributed by atoms with E-state index in [-0.39, 0.29) is 17.0 Å². The number of thiazole rings is 1. The second-order valence-corrected chi connectivity index (χ2v) is 8.89. The maximum Gasteiger partial charge on any atom is 0.185 e. The second kappa shape index (κ2) is 8.62. The molecule has 1 aliphatic heterocycles. The molecule has 0 unspecified atom stereocenters. The van der Waals surface area contributed by atoms with E-state index in [1.807, 2.05) is 13.1 Å². The third kappa shape index (κ3) is 4.27. The Morgan fingerprint density at radius 3 is 2.70 bits per heavy atom. The van der Waals surface area contributed by atoms with Gasteiger partial charge in [0.2, 0.25) is 0 Å². The smallest absolute Gasteiger partial charge is 0.185 e. The fourth-order valence-corrected chi connectivity index (χ4v) is 4.48. The summed E-state index contributed by atoms with van der Waals surface area (Å²) in [5.74, 6) is -1.05. The SMILES string of the molecule is CC1=C(c2cnc(CC(=O)c3c(F)cccc3Cl)cn2)CN(c2ncc(C)s2)CC1. The van der Waals surface area contributed by atoms with Gasteiger partial charge in [0.1, 0.15) is 5.82 Å². The number of nitrogens with zero attached hydrogens (tertiary/aromatic N) is 4. The summed E-state index contributed by atoms with van der Waals surface area (Å²) in [5, 5.41) is 1.11. The number of rotatable bonds is 5. The maximum atomic E-state index is 14.0. The number of carbonyl (C=O) groups excluding carboxylic acids is 1. The van der Waals surface area contributed by atoms with Crippen LogP contribution in [0.3, 0.4) is 0 Å². The monoisotopic (exact) mass is 442 g/mol. The van der Waals surface area contributed by atoms with E-state index in [2.05, 4.69) is 26.8 Å². The molecule has 0 radical (unpaired) electrons. The van der Waals surface area contributed by atoms with Gasteiger partial charge >= 0.3 is 0 Å². The molecule has 8 heteroatoms. The van der Waals surface area contributed by atoms with Crippen molar-refractivity contribution in [3.63, 3.8) is 0 Å². The topological polar surface area (TPSA) is 59.0 Å². The summed E-state index contributed by atoms with van der Waals surface area (Å²) >= 11 is 7.67. The molecule has 0 saturated heterocycles. The highest BCUT2D eigenvalue weighted by molar-refractivity contribution is 7.15. The van der Waals surface area contributed by atoms with Crippen molar-refractivity contribution < 1.29 is 9.18 Å². The predicted octanol–water partition coefficient (Wildman–Crippen LogP) is 5.14. The lowest BCUT2D eigenvalue weighted by molar-refractivity contribution is 0.0988. The minimum absolute atomic E-state index is 0.0590. The summed E-state index contributed by atoms with van der Waals surface area (Å²) in [4.78, 5) is 29.3. The first-order chi connectivity index (χ1) is 14.4. The van der Waals surface area contributed by atoms with Crippen LogP contribution in [0.1, 0.15) is 40.0 Å². The Hall–Kier alpha value is -2.64. The lowest BCUT2D eigenvalue weighted by Crippen LogP contribution is -2.31.